The Morgan fingerprint density at radius 2 is 1.88 bits per heavy atom. The van der Waals surface area contributed by atoms with Crippen LogP contribution in [0, 0.1) is 52.3 Å². The third-order valence-corrected chi connectivity index (χ3v) is 13.1. The first kappa shape index (κ1) is 24.6. The lowest BCUT2D eigenvalue weighted by atomic mass is 9.43. The van der Waals surface area contributed by atoms with Gasteiger partial charge in [0.25, 0.3) is 0 Å². The summed E-state index contributed by atoms with van der Waals surface area (Å²) in [6.07, 6.45) is 12.6. The number of hydrogen-bond donors (Lipinski definition) is 1. The smallest absolute Gasteiger partial charge is 0.237 e. The minimum Gasteiger partial charge on any atom is -0.393 e. The number of hydrogen-bond acceptors (Lipinski definition) is 4. The van der Waals surface area contributed by atoms with Crippen LogP contribution in [0.25, 0.3) is 0 Å². The van der Waals surface area contributed by atoms with Crippen molar-refractivity contribution in [3.05, 3.63) is 0 Å². The molecule has 0 bridgehead atoms. The first-order valence-corrected chi connectivity index (χ1v) is 15.2. The van der Waals surface area contributed by atoms with Gasteiger partial charge in [-0.05, 0) is 116 Å². The molecule has 4 saturated carbocycles. The maximum Gasteiger partial charge on any atom is 0.237 e. The normalized spacial score (nSPS) is 48.2. The fraction of sp³-hybridized carbons (Fsp3) is 0.929. The summed E-state index contributed by atoms with van der Waals surface area (Å²) in [6.45, 7) is 9.96. The topological polar surface area (TPSA) is 40.5 Å². The monoisotopic (exact) mass is 491 g/mol. The van der Waals surface area contributed by atoms with Gasteiger partial charge in [-0.15, -0.1) is 0 Å². The van der Waals surface area contributed by atoms with Crippen molar-refractivity contribution in [2.45, 2.75) is 104 Å². The van der Waals surface area contributed by atoms with E-state index in [2.05, 4.69) is 27.7 Å². The molecule has 0 aromatic heterocycles. The molecule has 5 heteroatoms. The van der Waals surface area contributed by atoms with Crippen molar-refractivity contribution in [1.82, 2.24) is 4.31 Å². The fourth-order valence-corrected chi connectivity index (χ4v) is 11.1. The van der Waals surface area contributed by atoms with Crippen LogP contribution in [0.2, 0.25) is 0 Å². The first-order chi connectivity index (χ1) is 15.6. The molecule has 33 heavy (non-hydrogen) atoms. The Balaban J connectivity index is 1.28. The highest BCUT2D eigenvalue weighted by molar-refractivity contribution is 7.99. The summed E-state index contributed by atoms with van der Waals surface area (Å²) in [4.78, 5) is 13.6. The number of rotatable bonds is 4. The summed E-state index contributed by atoms with van der Waals surface area (Å²) < 4.78 is 1.78. The third kappa shape index (κ3) is 4.04. The van der Waals surface area contributed by atoms with E-state index in [0.717, 1.165) is 41.8 Å². The lowest BCUT2D eigenvalue weighted by Gasteiger charge is -2.62. The summed E-state index contributed by atoms with van der Waals surface area (Å²) in [6, 6.07) is 0. The predicted molar refractivity (Wildman–Crippen MR) is 141 cm³/mol. The van der Waals surface area contributed by atoms with Gasteiger partial charge in [0.05, 0.1) is 11.1 Å². The summed E-state index contributed by atoms with van der Waals surface area (Å²) in [5.74, 6) is 5.81. The summed E-state index contributed by atoms with van der Waals surface area (Å²) >= 11 is 6.98. The average Bonchev–Trinajstić information content (AvgIpc) is 3.36. The number of carbonyl (C=O) groups excluding carboxylic acids is 1. The van der Waals surface area contributed by atoms with E-state index in [4.69, 9.17) is 12.2 Å². The van der Waals surface area contributed by atoms with E-state index in [9.17, 15) is 9.90 Å². The predicted octanol–water partition coefficient (Wildman–Crippen LogP) is 6.88. The van der Waals surface area contributed by atoms with Crippen LogP contribution in [0.4, 0.5) is 0 Å². The minimum atomic E-state index is -0.105. The van der Waals surface area contributed by atoms with E-state index in [1.165, 1.54) is 44.9 Å². The van der Waals surface area contributed by atoms with E-state index in [-0.39, 0.29) is 12.0 Å². The summed E-state index contributed by atoms with van der Waals surface area (Å²) in [7, 11) is 0. The maximum absolute atomic E-state index is 12.7. The number of fused-ring (bicyclic) bond motifs is 5. The van der Waals surface area contributed by atoms with E-state index in [0.29, 0.717) is 46.8 Å². The first-order valence-electron chi connectivity index (χ1n) is 13.8. The van der Waals surface area contributed by atoms with E-state index >= 15 is 0 Å². The lowest BCUT2D eigenvalue weighted by molar-refractivity contribution is -0.168. The highest BCUT2D eigenvalue weighted by Crippen LogP contribution is 2.68. The molecule has 0 aromatic carbocycles. The summed E-state index contributed by atoms with van der Waals surface area (Å²) in [5, 5.41) is 11.5. The van der Waals surface area contributed by atoms with Crippen molar-refractivity contribution >= 4 is 35.1 Å². The molecule has 5 fully saturated rings. The van der Waals surface area contributed by atoms with Gasteiger partial charge in [0.15, 0.2) is 0 Å². The number of carbonyl (C=O) groups is 1. The largest absolute Gasteiger partial charge is 0.393 e. The second kappa shape index (κ2) is 9.07. The van der Waals surface area contributed by atoms with E-state index in [1.54, 1.807) is 16.3 Å². The molecule has 4 aliphatic carbocycles. The third-order valence-electron chi connectivity index (χ3n) is 11.5. The Hall–Kier alpha value is -0.130. The van der Waals surface area contributed by atoms with Crippen LogP contribution in [0.5, 0.6) is 0 Å². The molecule has 1 N–H and O–H groups in total. The van der Waals surface area contributed by atoms with Gasteiger partial charge < -0.3 is 5.11 Å². The van der Waals surface area contributed by atoms with Crippen LogP contribution in [-0.4, -0.2) is 32.2 Å². The van der Waals surface area contributed by atoms with Crippen LogP contribution >= 0.6 is 24.2 Å². The quantitative estimate of drug-likeness (QED) is 0.344. The van der Waals surface area contributed by atoms with Crippen LogP contribution in [0.1, 0.15) is 98.3 Å². The molecule has 1 amide bonds. The molecule has 1 saturated heterocycles. The Morgan fingerprint density at radius 1 is 1.15 bits per heavy atom. The number of aliphatic hydroxyl groups is 1. The highest BCUT2D eigenvalue weighted by Gasteiger charge is 2.62. The van der Waals surface area contributed by atoms with Gasteiger partial charge in [-0.2, -0.15) is 0 Å². The second-order valence-corrected chi connectivity index (χ2v) is 14.6. The van der Waals surface area contributed by atoms with Crippen molar-refractivity contribution in [3.8, 4) is 0 Å². The molecule has 10 unspecified atom stereocenters. The number of amides is 1. The number of aliphatic hydroxyl groups excluding tert-OH is 1. The summed E-state index contributed by atoms with van der Waals surface area (Å²) in [5.41, 5.74) is 0.771. The van der Waals surface area contributed by atoms with Crippen LogP contribution < -0.4 is 0 Å². The molecular weight excluding hydrogens is 446 g/mol. The van der Waals surface area contributed by atoms with Gasteiger partial charge in [0, 0.05) is 18.6 Å². The van der Waals surface area contributed by atoms with Crippen LogP contribution in [-0.2, 0) is 4.79 Å². The average molecular weight is 492 g/mol. The van der Waals surface area contributed by atoms with E-state index < -0.39 is 0 Å². The zero-order valence-corrected chi connectivity index (χ0v) is 22.9. The van der Waals surface area contributed by atoms with Gasteiger partial charge in [0.1, 0.15) is 0 Å². The lowest BCUT2D eigenvalue weighted by Crippen LogP contribution is -2.58. The van der Waals surface area contributed by atoms with Crippen LogP contribution in [0.3, 0.4) is 0 Å². The highest BCUT2D eigenvalue weighted by atomic mass is 32.2. The standard InChI is InChI=1S/C28H45NO2S2/c1-17-9-12-27(3)19(15-17)16-23(30)26-21-7-6-20(28(21,4)13-10-22(26)27)18(2)5-8-24(31)29-25(32)11-14-33-29/h17-23,26,30H,5-16H2,1-4H3. The van der Waals surface area contributed by atoms with E-state index in [1.807, 2.05) is 0 Å². The SMILES string of the molecule is CC1CCC2(C)C(C1)CC(O)C1C2CCC2(C)C(C(C)CCC(=O)N3SCCC3=S)CCC12. The van der Waals surface area contributed by atoms with Gasteiger partial charge in [0.2, 0.25) is 5.91 Å². The molecule has 0 radical (unpaired) electrons. The van der Waals surface area contributed by atoms with Gasteiger partial charge in [-0.3, -0.25) is 4.79 Å². The Bertz CT molecular complexity index is 788. The zero-order valence-electron chi connectivity index (χ0n) is 21.2. The molecule has 5 rings (SSSR count). The number of nitrogens with zero attached hydrogens (tertiary/aromatic N) is 1. The van der Waals surface area contributed by atoms with Gasteiger partial charge >= 0.3 is 0 Å². The van der Waals surface area contributed by atoms with Crippen molar-refractivity contribution in [3.63, 3.8) is 0 Å². The molecular formula is C28H45NO2S2. The Kier molecular flexibility index (Phi) is 6.75. The van der Waals surface area contributed by atoms with Gasteiger partial charge in [-0.25, -0.2) is 4.31 Å². The van der Waals surface area contributed by atoms with Gasteiger partial charge in [-0.1, -0.05) is 46.3 Å². The Labute approximate surface area is 211 Å². The Morgan fingerprint density at radius 3 is 2.61 bits per heavy atom. The number of thiocarbonyl (C=S) groups is 1. The zero-order chi connectivity index (χ0) is 23.5. The van der Waals surface area contributed by atoms with Crippen molar-refractivity contribution < 1.29 is 9.90 Å². The van der Waals surface area contributed by atoms with Crippen LogP contribution in [0.15, 0.2) is 0 Å². The molecule has 0 aromatic rings. The molecule has 5 aliphatic rings. The molecule has 0 spiro atoms. The molecule has 3 nitrogen and oxygen atoms in total. The second-order valence-electron chi connectivity index (χ2n) is 13.1. The molecule has 10 atom stereocenters. The molecule has 186 valence electrons. The molecule has 1 heterocycles. The van der Waals surface area contributed by atoms with Crippen molar-refractivity contribution in [2.24, 2.45) is 52.3 Å². The van der Waals surface area contributed by atoms with Crippen molar-refractivity contribution in [2.75, 3.05) is 5.75 Å². The van der Waals surface area contributed by atoms with Crippen molar-refractivity contribution in [1.29, 1.82) is 0 Å². The molecule has 1 aliphatic heterocycles. The fourth-order valence-electron chi connectivity index (χ4n) is 9.68. The maximum atomic E-state index is 12.7. The minimum absolute atomic E-state index is 0.105.